The fourth-order valence-corrected chi connectivity index (χ4v) is 13.1. The van der Waals surface area contributed by atoms with Gasteiger partial charge in [-0.1, -0.05) is 87.2 Å². The van der Waals surface area contributed by atoms with E-state index >= 15 is 0 Å². The number of hydrogen-bond acceptors (Lipinski definition) is 3. The first kappa shape index (κ1) is 34.7. The van der Waals surface area contributed by atoms with Crippen molar-refractivity contribution in [2.45, 2.75) is 94.4 Å². The smallest absolute Gasteiger partial charge is 0.181 e. The van der Waals surface area contributed by atoms with E-state index in [1.165, 1.54) is 51.3 Å². The normalized spacial score (nSPS) is 15.7. The van der Waals surface area contributed by atoms with E-state index in [2.05, 4.69) is 91.9 Å². The summed E-state index contributed by atoms with van der Waals surface area (Å²) in [7, 11) is -3.02. The van der Waals surface area contributed by atoms with Crippen LogP contribution in [-0.4, -0.2) is 31.8 Å². The van der Waals surface area contributed by atoms with Gasteiger partial charge in [0.1, 0.15) is 17.3 Å². The van der Waals surface area contributed by atoms with E-state index in [1.807, 2.05) is 36.4 Å². The Balaban J connectivity index is 0.000000177. The molecule has 2 fully saturated rings. The monoisotopic (exact) mass is 696 g/mol. The fraction of sp³-hybridized carbons (Fsp3) is 0.333. The Kier molecular flexibility index (Phi) is 12.2. The van der Waals surface area contributed by atoms with Crippen LogP contribution in [0.1, 0.15) is 64.7 Å². The maximum atomic E-state index is 13.0. The number of hydrogen-bond donors (Lipinski definition) is 0. The van der Waals surface area contributed by atoms with Gasteiger partial charge in [-0.15, -0.1) is 0 Å². The molecule has 0 bridgehead atoms. The Labute approximate surface area is 293 Å². The average Bonchev–Trinajstić information content (AvgIpc) is 3.69. The first-order valence-corrected chi connectivity index (χ1v) is 21.9. The molecule has 1 saturated carbocycles. The van der Waals surface area contributed by atoms with Gasteiger partial charge >= 0.3 is 0 Å². The van der Waals surface area contributed by atoms with Crippen molar-refractivity contribution in [3.05, 3.63) is 121 Å². The van der Waals surface area contributed by atoms with Crippen molar-refractivity contribution in [2.24, 2.45) is 0 Å². The zero-order valence-electron chi connectivity index (χ0n) is 28.1. The van der Waals surface area contributed by atoms with Crippen molar-refractivity contribution in [1.82, 2.24) is 0 Å². The molecule has 1 aliphatic heterocycles. The third-order valence-electron chi connectivity index (χ3n) is 9.28. The summed E-state index contributed by atoms with van der Waals surface area (Å²) in [6, 6.07) is 41.7. The maximum Gasteiger partial charge on any atom is 0.181 e. The van der Waals surface area contributed by atoms with Gasteiger partial charge in [0.2, 0.25) is 0 Å². The molecule has 0 radical (unpaired) electrons. The minimum atomic E-state index is -3.23. The van der Waals surface area contributed by atoms with Crippen molar-refractivity contribution >= 4 is 42.4 Å². The first-order chi connectivity index (χ1) is 23.6. The molecule has 0 atom stereocenters. The van der Waals surface area contributed by atoms with Gasteiger partial charge in [-0.2, -0.15) is 0 Å². The van der Waals surface area contributed by atoms with Crippen LogP contribution >= 0.6 is 0 Å². The summed E-state index contributed by atoms with van der Waals surface area (Å²) in [6.07, 6.45) is 9.88. The quantitative estimate of drug-likeness (QED) is 0.108. The topological polar surface area (TPSA) is 43.4 Å². The minimum Gasteiger partial charge on any atom is -0.493 e. The molecule has 5 aromatic carbocycles. The van der Waals surface area contributed by atoms with Gasteiger partial charge in [-0.25, -0.2) is 8.42 Å². The predicted octanol–water partition coefficient (Wildman–Crippen LogP) is 10.7. The molecule has 5 aromatic rings. The van der Waals surface area contributed by atoms with Crippen LogP contribution in [0.25, 0.3) is 10.8 Å². The van der Waals surface area contributed by atoms with E-state index in [4.69, 9.17) is 4.74 Å². The van der Waals surface area contributed by atoms with Gasteiger partial charge in [-0.05, 0) is 98.8 Å². The number of benzene rings is 5. The third-order valence-corrected chi connectivity index (χ3v) is 16.3. The van der Waals surface area contributed by atoms with Gasteiger partial charge in [-0.3, -0.25) is 0 Å². The molecule has 6 heteroatoms. The molecule has 0 spiro atoms. The fourth-order valence-electron chi connectivity index (χ4n) is 6.68. The molecular weight excluding hydrogens is 649 g/mol. The standard InChI is InChI=1S/C24H25O2S2.C18H23OS/c25-28(26,23-14-8-3-9-15-23)24-18-16-22(17-19-24)27(20-10-4-1-5-11-20)21-12-6-2-7-13-21;1-2-3-12-19-17-10-11-18(20-13-6-7-14-20)16-9-5-4-8-15(16)17/h1-2,4-7,10-13,16-19,23H,3,8-9,14-15H2;4-5,8-11H,2-3,6-7,12-14H2,1H3/q2*+1. The van der Waals surface area contributed by atoms with Gasteiger partial charge in [0, 0.05) is 21.7 Å². The SMILES string of the molecule is CCCCOc1ccc([S+]2CCCC2)c2ccccc12.O=S(=O)(c1ccc([S+](c2ccccc2)c2ccccc2)cc1)C1CCCCC1. The second kappa shape index (κ2) is 17.0. The second-order valence-electron chi connectivity index (χ2n) is 12.6. The number of ether oxygens (including phenoxy) is 1. The molecule has 48 heavy (non-hydrogen) atoms. The number of rotatable bonds is 10. The van der Waals surface area contributed by atoms with Gasteiger partial charge in [0.05, 0.1) is 27.6 Å². The Hall–Kier alpha value is -3.19. The van der Waals surface area contributed by atoms with Crippen LogP contribution in [-0.2, 0) is 31.6 Å². The lowest BCUT2D eigenvalue weighted by molar-refractivity contribution is 0.313. The molecule has 3 nitrogen and oxygen atoms in total. The van der Waals surface area contributed by atoms with Crippen LogP contribution in [0.15, 0.2) is 146 Å². The summed E-state index contributed by atoms with van der Waals surface area (Å²) >= 11 is 0. The molecule has 1 aliphatic carbocycles. The van der Waals surface area contributed by atoms with Crippen molar-refractivity contribution < 1.29 is 13.2 Å². The summed E-state index contributed by atoms with van der Waals surface area (Å²) in [5.74, 6) is 3.81. The Bertz CT molecular complexity index is 1790. The van der Waals surface area contributed by atoms with E-state index in [0.717, 1.165) is 55.8 Å². The van der Waals surface area contributed by atoms with Crippen LogP contribution in [0.4, 0.5) is 0 Å². The van der Waals surface area contributed by atoms with Crippen LogP contribution in [0.2, 0.25) is 0 Å². The zero-order chi connectivity index (χ0) is 33.2. The van der Waals surface area contributed by atoms with E-state index in [-0.39, 0.29) is 16.1 Å². The maximum absolute atomic E-state index is 13.0. The van der Waals surface area contributed by atoms with Crippen LogP contribution < -0.4 is 4.74 Å². The van der Waals surface area contributed by atoms with Crippen molar-refractivity contribution in [1.29, 1.82) is 0 Å². The number of unbranched alkanes of at least 4 members (excludes halogenated alkanes) is 1. The molecule has 250 valence electrons. The van der Waals surface area contributed by atoms with E-state index in [9.17, 15) is 8.42 Å². The van der Waals surface area contributed by atoms with Crippen molar-refractivity contribution in [3.63, 3.8) is 0 Å². The molecule has 0 N–H and O–H groups in total. The Morgan fingerprint density at radius 2 is 1.21 bits per heavy atom. The summed E-state index contributed by atoms with van der Waals surface area (Å²) in [5.41, 5.74) is 0. The van der Waals surface area contributed by atoms with E-state index in [0.29, 0.717) is 15.8 Å². The van der Waals surface area contributed by atoms with Crippen LogP contribution in [0, 0.1) is 0 Å². The van der Waals surface area contributed by atoms with E-state index < -0.39 is 9.84 Å². The van der Waals surface area contributed by atoms with E-state index in [1.54, 1.807) is 4.90 Å². The number of sulfone groups is 1. The summed E-state index contributed by atoms with van der Waals surface area (Å²) in [4.78, 5) is 5.63. The Morgan fingerprint density at radius 1 is 0.646 bits per heavy atom. The minimum absolute atomic E-state index is 0.214. The van der Waals surface area contributed by atoms with Gasteiger partial charge < -0.3 is 4.74 Å². The highest BCUT2D eigenvalue weighted by atomic mass is 32.2. The van der Waals surface area contributed by atoms with Crippen molar-refractivity contribution in [3.8, 4) is 5.75 Å². The molecule has 7 rings (SSSR count). The highest BCUT2D eigenvalue weighted by Crippen LogP contribution is 2.36. The lowest BCUT2D eigenvalue weighted by atomic mass is 10.0. The second-order valence-corrected chi connectivity index (χ2v) is 19.1. The largest absolute Gasteiger partial charge is 0.493 e. The van der Waals surface area contributed by atoms with Crippen molar-refractivity contribution in [2.75, 3.05) is 18.1 Å². The van der Waals surface area contributed by atoms with Crippen LogP contribution in [0.5, 0.6) is 5.75 Å². The first-order valence-electron chi connectivity index (χ1n) is 17.6. The van der Waals surface area contributed by atoms with Gasteiger partial charge in [0.25, 0.3) is 0 Å². The molecule has 0 unspecified atom stereocenters. The predicted molar refractivity (Wildman–Crippen MR) is 204 cm³/mol. The molecule has 2 aliphatic rings. The number of fused-ring (bicyclic) bond motifs is 1. The highest BCUT2D eigenvalue weighted by Gasteiger charge is 2.32. The summed E-state index contributed by atoms with van der Waals surface area (Å²) in [5, 5.41) is 2.49. The molecule has 0 aromatic heterocycles. The average molecular weight is 697 g/mol. The lowest BCUT2D eigenvalue weighted by Crippen LogP contribution is -2.24. The molecule has 1 saturated heterocycles. The van der Waals surface area contributed by atoms with Gasteiger partial charge in [0.15, 0.2) is 29.4 Å². The lowest BCUT2D eigenvalue weighted by Gasteiger charge is -2.21. The summed E-state index contributed by atoms with van der Waals surface area (Å²) < 4.78 is 32.0. The molecule has 0 amide bonds. The highest BCUT2D eigenvalue weighted by molar-refractivity contribution is 7.97. The zero-order valence-corrected chi connectivity index (χ0v) is 30.5. The molecule has 1 heterocycles. The molecular formula is C42H48O3S3+2. The summed E-state index contributed by atoms with van der Waals surface area (Å²) in [6.45, 7) is 3.03. The Morgan fingerprint density at radius 3 is 1.81 bits per heavy atom. The van der Waals surface area contributed by atoms with Crippen LogP contribution in [0.3, 0.4) is 0 Å². The third kappa shape index (κ3) is 8.33.